The Balaban J connectivity index is 2.04. The predicted molar refractivity (Wildman–Crippen MR) is 80.8 cm³/mol. The van der Waals surface area contributed by atoms with Gasteiger partial charge < -0.3 is 10.5 Å². The molecule has 0 aromatic heterocycles. The van der Waals surface area contributed by atoms with Crippen molar-refractivity contribution in [2.45, 2.75) is 12.5 Å². The summed E-state index contributed by atoms with van der Waals surface area (Å²) in [4.78, 5) is 0. The van der Waals surface area contributed by atoms with Crippen molar-refractivity contribution in [3.05, 3.63) is 62.6 Å². The van der Waals surface area contributed by atoms with Crippen LogP contribution >= 0.6 is 27.5 Å². The van der Waals surface area contributed by atoms with E-state index in [4.69, 9.17) is 22.1 Å². The quantitative estimate of drug-likeness (QED) is 0.895. The largest absolute Gasteiger partial charge is 0.493 e. The fourth-order valence-electron chi connectivity index (χ4n) is 2.38. The van der Waals surface area contributed by atoms with Crippen LogP contribution in [-0.4, -0.2) is 6.61 Å². The zero-order chi connectivity index (χ0) is 13.4. The van der Waals surface area contributed by atoms with Crippen molar-refractivity contribution in [3.63, 3.8) is 0 Å². The zero-order valence-electron chi connectivity index (χ0n) is 10.2. The molecule has 0 aliphatic carbocycles. The first-order valence-corrected chi connectivity index (χ1v) is 7.28. The van der Waals surface area contributed by atoms with Gasteiger partial charge in [-0.25, -0.2) is 0 Å². The third-order valence-corrected chi connectivity index (χ3v) is 4.09. The molecule has 2 nitrogen and oxygen atoms in total. The van der Waals surface area contributed by atoms with Gasteiger partial charge in [0.15, 0.2) is 0 Å². The summed E-state index contributed by atoms with van der Waals surface area (Å²) >= 11 is 9.59. The molecule has 0 saturated heterocycles. The number of rotatable bonds is 2. The number of nitrogens with two attached hydrogens (primary N) is 1. The second-order valence-corrected chi connectivity index (χ2v) is 5.96. The van der Waals surface area contributed by atoms with E-state index < -0.39 is 0 Å². The predicted octanol–water partition coefficient (Wildman–Crippen LogP) is 4.09. The molecule has 1 atom stereocenters. The minimum Gasteiger partial charge on any atom is -0.493 e. The lowest BCUT2D eigenvalue weighted by molar-refractivity contribution is 0.352. The third kappa shape index (κ3) is 2.50. The van der Waals surface area contributed by atoms with E-state index in [1.54, 1.807) is 0 Å². The molecule has 2 aromatic carbocycles. The highest BCUT2D eigenvalue weighted by molar-refractivity contribution is 9.10. The van der Waals surface area contributed by atoms with Gasteiger partial charge in [-0.1, -0.05) is 39.7 Å². The average molecular weight is 339 g/mol. The molecule has 4 heteroatoms. The van der Waals surface area contributed by atoms with Crippen LogP contribution < -0.4 is 10.5 Å². The SMILES string of the molecule is NC(c1ccc(Br)cc1)c1cc(Cl)cc2c1OCC2. The van der Waals surface area contributed by atoms with Gasteiger partial charge in [-0.2, -0.15) is 0 Å². The van der Waals surface area contributed by atoms with E-state index in [0.717, 1.165) is 33.3 Å². The van der Waals surface area contributed by atoms with Gasteiger partial charge in [0.25, 0.3) is 0 Å². The minimum absolute atomic E-state index is 0.223. The van der Waals surface area contributed by atoms with Crippen LogP contribution in [0.15, 0.2) is 40.9 Å². The van der Waals surface area contributed by atoms with Gasteiger partial charge >= 0.3 is 0 Å². The first-order valence-electron chi connectivity index (χ1n) is 6.11. The summed E-state index contributed by atoms with van der Waals surface area (Å²) in [6, 6.07) is 11.6. The van der Waals surface area contributed by atoms with Crippen LogP contribution in [0.4, 0.5) is 0 Å². The summed E-state index contributed by atoms with van der Waals surface area (Å²) in [5.41, 5.74) is 9.51. The highest BCUT2D eigenvalue weighted by Gasteiger charge is 2.22. The summed E-state index contributed by atoms with van der Waals surface area (Å²) in [7, 11) is 0. The molecule has 0 spiro atoms. The van der Waals surface area contributed by atoms with Gasteiger partial charge in [0, 0.05) is 21.5 Å². The van der Waals surface area contributed by atoms with Crippen molar-refractivity contribution >= 4 is 27.5 Å². The molecule has 0 bridgehead atoms. The first-order chi connectivity index (χ1) is 9.15. The van der Waals surface area contributed by atoms with Crippen LogP contribution in [0.5, 0.6) is 5.75 Å². The Bertz CT molecular complexity index is 612. The maximum absolute atomic E-state index is 6.35. The maximum Gasteiger partial charge on any atom is 0.127 e. The van der Waals surface area contributed by atoms with Crippen molar-refractivity contribution < 1.29 is 4.74 Å². The standard InChI is InChI=1S/C15H13BrClNO/c16-11-3-1-9(2-4-11)14(18)13-8-12(17)7-10-5-6-19-15(10)13/h1-4,7-8,14H,5-6,18H2. The van der Waals surface area contributed by atoms with Crippen LogP contribution in [0.3, 0.4) is 0 Å². The van der Waals surface area contributed by atoms with E-state index in [1.165, 1.54) is 0 Å². The summed E-state index contributed by atoms with van der Waals surface area (Å²) in [6.45, 7) is 0.704. The number of benzene rings is 2. The summed E-state index contributed by atoms with van der Waals surface area (Å²) in [5, 5.41) is 0.715. The maximum atomic E-state index is 6.35. The number of hydrogen-bond donors (Lipinski definition) is 1. The smallest absolute Gasteiger partial charge is 0.127 e. The van der Waals surface area contributed by atoms with E-state index in [-0.39, 0.29) is 6.04 Å². The van der Waals surface area contributed by atoms with Crippen molar-refractivity contribution in [2.24, 2.45) is 5.73 Å². The lowest BCUT2D eigenvalue weighted by Gasteiger charge is -2.16. The highest BCUT2D eigenvalue weighted by Crippen LogP contribution is 2.37. The molecule has 19 heavy (non-hydrogen) atoms. The van der Waals surface area contributed by atoms with Crippen LogP contribution in [0.1, 0.15) is 22.7 Å². The van der Waals surface area contributed by atoms with Crippen LogP contribution in [0.2, 0.25) is 5.02 Å². The number of fused-ring (bicyclic) bond motifs is 1. The van der Waals surface area contributed by atoms with Crippen LogP contribution in [0.25, 0.3) is 0 Å². The molecular formula is C15H13BrClNO. The van der Waals surface area contributed by atoms with Gasteiger partial charge in [0.2, 0.25) is 0 Å². The average Bonchev–Trinajstić information content (AvgIpc) is 2.85. The van der Waals surface area contributed by atoms with E-state index in [1.807, 2.05) is 36.4 Å². The van der Waals surface area contributed by atoms with Crippen molar-refractivity contribution in [2.75, 3.05) is 6.61 Å². The Kier molecular flexibility index (Phi) is 3.52. The molecule has 0 saturated carbocycles. The lowest BCUT2D eigenvalue weighted by atomic mass is 9.96. The van der Waals surface area contributed by atoms with Gasteiger partial charge in [0.05, 0.1) is 12.6 Å². The zero-order valence-corrected chi connectivity index (χ0v) is 12.5. The molecule has 3 rings (SSSR count). The van der Waals surface area contributed by atoms with Crippen molar-refractivity contribution in [1.82, 2.24) is 0 Å². The van der Waals surface area contributed by atoms with Crippen LogP contribution in [-0.2, 0) is 6.42 Å². The molecule has 98 valence electrons. The second kappa shape index (κ2) is 5.16. The molecule has 1 heterocycles. The van der Waals surface area contributed by atoms with E-state index in [2.05, 4.69) is 15.9 Å². The molecule has 2 aromatic rings. The Labute approximate surface area is 125 Å². The normalized spacial score (nSPS) is 14.9. The Morgan fingerprint density at radius 3 is 2.68 bits per heavy atom. The summed E-state index contributed by atoms with van der Waals surface area (Å²) in [6.07, 6.45) is 0.899. The lowest BCUT2D eigenvalue weighted by Crippen LogP contribution is -2.13. The first kappa shape index (κ1) is 13.0. The molecule has 0 radical (unpaired) electrons. The number of ether oxygens (including phenoxy) is 1. The highest BCUT2D eigenvalue weighted by atomic mass is 79.9. The van der Waals surface area contributed by atoms with E-state index in [0.29, 0.717) is 11.6 Å². The molecular weight excluding hydrogens is 326 g/mol. The van der Waals surface area contributed by atoms with E-state index in [9.17, 15) is 0 Å². The van der Waals surface area contributed by atoms with Gasteiger partial charge in [-0.3, -0.25) is 0 Å². The number of halogens is 2. The third-order valence-electron chi connectivity index (χ3n) is 3.34. The molecule has 1 unspecified atom stereocenters. The fourth-order valence-corrected chi connectivity index (χ4v) is 2.89. The molecule has 0 amide bonds. The Morgan fingerprint density at radius 2 is 1.95 bits per heavy atom. The molecule has 0 fully saturated rings. The summed E-state index contributed by atoms with van der Waals surface area (Å²) in [5.74, 6) is 0.903. The second-order valence-electron chi connectivity index (χ2n) is 4.61. The Hall–Kier alpha value is -1.03. The molecule has 1 aliphatic heterocycles. The monoisotopic (exact) mass is 337 g/mol. The van der Waals surface area contributed by atoms with E-state index >= 15 is 0 Å². The number of hydrogen-bond acceptors (Lipinski definition) is 2. The minimum atomic E-state index is -0.223. The van der Waals surface area contributed by atoms with Gasteiger partial charge in [0.1, 0.15) is 5.75 Å². The molecule has 1 aliphatic rings. The van der Waals surface area contributed by atoms with Gasteiger partial charge in [-0.05, 0) is 35.4 Å². The summed E-state index contributed by atoms with van der Waals surface area (Å²) < 4.78 is 6.74. The van der Waals surface area contributed by atoms with Crippen molar-refractivity contribution in [1.29, 1.82) is 0 Å². The fraction of sp³-hybridized carbons (Fsp3) is 0.200. The van der Waals surface area contributed by atoms with Crippen molar-refractivity contribution in [3.8, 4) is 5.75 Å². The Morgan fingerprint density at radius 1 is 1.21 bits per heavy atom. The molecule has 2 N–H and O–H groups in total. The topological polar surface area (TPSA) is 35.2 Å². The van der Waals surface area contributed by atoms with Gasteiger partial charge in [-0.15, -0.1) is 0 Å². The van der Waals surface area contributed by atoms with Crippen LogP contribution in [0, 0.1) is 0 Å².